The van der Waals surface area contributed by atoms with Crippen LogP contribution in [-0.4, -0.2) is 9.59 Å². The monoisotopic (exact) mass is 228 g/mol. The number of nitrogens with two attached hydrogens (primary N) is 1. The summed E-state index contributed by atoms with van der Waals surface area (Å²) in [5.41, 5.74) is 3.99. The van der Waals surface area contributed by atoms with Gasteiger partial charge in [-0.15, -0.1) is 5.10 Å². The van der Waals surface area contributed by atoms with Gasteiger partial charge < -0.3 is 0 Å². The average molecular weight is 228 g/mol. The Hall–Kier alpha value is -0.520. The van der Waals surface area contributed by atoms with E-state index in [1.165, 1.54) is 16.4 Å². The van der Waals surface area contributed by atoms with Gasteiger partial charge in [0.2, 0.25) is 0 Å². The van der Waals surface area contributed by atoms with Gasteiger partial charge in [0.15, 0.2) is 0 Å². The molecule has 0 spiro atoms. The molecule has 0 aromatic carbocycles. The first kappa shape index (κ1) is 12.5. The van der Waals surface area contributed by atoms with Crippen LogP contribution in [0.1, 0.15) is 50.2 Å². The highest BCUT2D eigenvalue weighted by Gasteiger charge is 2.23. The molecule has 1 rings (SSSR count). The van der Waals surface area contributed by atoms with Crippen molar-refractivity contribution in [2.75, 3.05) is 0 Å². The molecule has 0 aliphatic rings. The number of rotatable bonds is 6. The number of aryl methyl sites for hydroxylation is 1. The largest absolute Gasteiger partial charge is 0.271 e. The van der Waals surface area contributed by atoms with Crippen LogP contribution in [0.2, 0.25) is 0 Å². The van der Waals surface area contributed by atoms with E-state index in [-0.39, 0.29) is 6.04 Å². The summed E-state index contributed by atoms with van der Waals surface area (Å²) in [6.45, 7) is 6.48. The lowest BCUT2D eigenvalue weighted by molar-refractivity contribution is 0.348. The zero-order valence-electron chi connectivity index (χ0n) is 9.66. The average Bonchev–Trinajstić information content (AvgIpc) is 2.73. The second kappa shape index (κ2) is 6.15. The fourth-order valence-corrected chi connectivity index (χ4v) is 2.77. The molecular weight excluding hydrogens is 208 g/mol. The van der Waals surface area contributed by atoms with Crippen LogP contribution in [0.5, 0.6) is 0 Å². The Kier molecular flexibility index (Phi) is 5.14. The molecule has 0 saturated heterocycles. The fraction of sp³-hybridized carbons (Fsp3) is 0.800. The Balaban J connectivity index is 2.90. The maximum absolute atomic E-state index is 5.64. The highest BCUT2D eigenvalue weighted by molar-refractivity contribution is 7.05. The number of nitrogens with one attached hydrogen (secondary N) is 1. The standard InChI is InChI=1S/C10H20N4S/c1-4-7(5-2)9(12-11)10-8(6-3)13-14-15-10/h7,9,12H,4-6,11H2,1-3H3. The molecule has 0 aliphatic carbocycles. The van der Waals surface area contributed by atoms with E-state index >= 15 is 0 Å². The van der Waals surface area contributed by atoms with Crippen LogP contribution in [0.3, 0.4) is 0 Å². The van der Waals surface area contributed by atoms with Crippen LogP contribution >= 0.6 is 11.5 Å². The van der Waals surface area contributed by atoms with Crippen LogP contribution < -0.4 is 11.3 Å². The number of hydrazine groups is 1. The van der Waals surface area contributed by atoms with Gasteiger partial charge in [-0.1, -0.05) is 38.1 Å². The molecule has 1 unspecified atom stereocenters. The first-order valence-electron chi connectivity index (χ1n) is 5.55. The van der Waals surface area contributed by atoms with E-state index in [1.807, 2.05) is 0 Å². The minimum atomic E-state index is 0.204. The third kappa shape index (κ3) is 2.74. The Morgan fingerprint density at radius 1 is 1.33 bits per heavy atom. The predicted octanol–water partition coefficient (Wildman–Crippen LogP) is 2.04. The van der Waals surface area contributed by atoms with Crippen molar-refractivity contribution in [2.24, 2.45) is 11.8 Å². The zero-order chi connectivity index (χ0) is 11.3. The lowest BCUT2D eigenvalue weighted by Gasteiger charge is -2.23. The van der Waals surface area contributed by atoms with Crippen molar-refractivity contribution in [2.45, 2.75) is 46.1 Å². The molecule has 15 heavy (non-hydrogen) atoms. The number of hydrogen-bond acceptors (Lipinski definition) is 5. The van der Waals surface area contributed by atoms with Gasteiger partial charge in [0.05, 0.1) is 16.6 Å². The molecule has 1 heterocycles. The zero-order valence-corrected chi connectivity index (χ0v) is 10.5. The highest BCUT2D eigenvalue weighted by atomic mass is 32.1. The van der Waals surface area contributed by atoms with Gasteiger partial charge in [0.25, 0.3) is 0 Å². The summed E-state index contributed by atoms with van der Waals surface area (Å²) in [7, 11) is 0. The molecule has 0 bridgehead atoms. The van der Waals surface area contributed by atoms with Gasteiger partial charge >= 0.3 is 0 Å². The molecule has 1 atom stereocenters. The van der Waals surface area contributed by atoms with Crippen LogP contribution in [0.25, 0.3) is 0 Å². The second-order valence-electron chi connectivity index (χ2n) is 3.66. The Morgan fingerprint density at radius 2 is 2.00 bits per heavy atom. The second-order valence-corrected chi connectivity index (χ2v) is 4.44. The minimum Gasteiger partial charge on any atom is -0.271 e. The molecule has 1 aromatic rings. The van der Waals surface area contributed by atoms with Gasteiger partial charge in [-0.3, -0.25) is 11.3 Å². The topological polar surface area (TPSA) is 63.8 Å². The van der Waals surface area contributed by atoms with Crippen molar-refractivity contribution in [3.8, 4) is 0 Å². The van der Waals surface area contributed by atoms with E-state index in [9.17, 15) is 0 Å². The van der Waals surface area contributed by atoms with E-state index in [0.29, 0.717) is 5.92 Å². The van der Waals surface area contributed by atoms with Crippen LogP contribution in [-0.2, 0) is 6.42 Å². The summed E-state index contributed by atoms with van der Waals surface area (Å²) in [6.07, 6.45) is 3.16. The van der Waals surface area contributed by atoms with E-state index < -0.39 is 0 Å². The summed E-state index contributed by atoms with van der Waals surface area (Å²) in [6, 6.07) is 0.204. The van der Waals surface area contributed by atoms with Crippen molar-refractivity contribution in [1.82, 2.24) is 15.0 Å². The molecule has 0 fully saturated rings. The molecule has 86 valence electrons. The van der Waals surface area contributed by atoms with Gasteiger partial charge in [-0.05, 0) is 23.9 Å². The maximum Gasteiger partial charge on any atom is 0.0801 e. The normalized spacial score (nSPS) is 13.4. The molecule has 0 radical (unpaired) electrons. The smallest absolute Gasteiger partial charge is 0.0801 e. The summed E-state index contributed by atoms with van der Waals surface area (Å²) < 4.78 is 4.01. The van der Waals surface area contributed by atoms with Crippen molar-refractivity contribution in [3.63, 3.8) is 0 Å². The molecule has 4 nitrogen and oxygen atoms in total. The van der Waals surface area contributed by atoms with E-state index in [4.69, 9.17) is 5.84 Å². The molecule has 0 amide bonds. The third-order valence-electron chi connectivity index (χ3n) is 2.90. The molecule has 3 N–H and O–H groups in total. The van der Waals surface area contributed by atoms with Crippen LogP contribution in [0.4, 0.5) is 0 Å². The Labute approximate surface area is 95.4 Å². The molecule has 0 aliphatic heterocycles. The van der Waals surface area contributed by atoms with Gasteiger partial charge in [0.1, 0.15) is 0 Å². The summed E-state index contributed by atoms with van der Waals surface area (Å²) in [5.74, 6) is 6.20. The third-order valence-corrected chi connectivity index (χ3v) is 3.75. The van der Waals surface area contributed by atoms with Gasteiger partial charge in [-0.2, -0.15) is 0 Å². The predicted molar refractivity (Wildman–Crippen MR) is 63.4 cm³/mol. The lowest BCUT2D eigenvalue weighted by atomic mass is 9.92. The van der Waals surface area contributed by atoms with Crippen LogP contribution in [0.15, 0.2) is 0 Å². The summed E-state index contributed by atoms with van der Waals surface area (Å²) in [4.78, 5) is 1.20. The van der Waals surface area contributed by atoms with Gasteiger partial charge in [0, 0.05) is 0 Å². The Bertz CT molecular complexity index is 283. The summed E-state index contributed by atoms with van der Waals surface area (Å²) >= 11 is 1.46. The van der Waals surface area contributed by atoms with E-state index in [0.717, 1.165) is 25.0 Å². The molecule has 5 heteroatoms. The number of nitrogens with zero attached hydrogens (tertiary/aromatic N) is 2. The van der Waals surface area contributed by atoms with Crippen molar-refractivity contribution in [3.05, 3.63) is 10.6 Å². The molecule has 1 aromatic heterocycles. The summed E-state index contributed by atoms with van der Waals surface area (Å²) in [5, 5.41) is 4.13. The SMILES string of the molecule is CCc1nnsc1C(NN)C(CC)CC. The highest BCUT2D eigenvalue weighted by Crippen LogP contribution is 2.30. The Morgan fingerprint density at radius 3 is 2.47 bits per heavy atom. The first-order valence-corrected chi connectivity index (χ1v) is 6.32. The number of aromatic nitrogens is 2. The molecular formula is C10H20N4S. The van der Waals surface area contributed by atoms with E-state index in [2.05, 4.69) is 35.8 Å². The van der Waals surface area contributed by atoms with Crippen molar-refractivity contribution < 1.29 is 0 Å². The number of hydrogen-bond donors (Lipinski definition) is 2. The van der Waals surface area contributed by atoms with Crippen molar-refractivity contribution in [1.29, 1.82) is 0 Å². The van der Waals surface area contributed by atoms with Crippen molar-refractivity contribution >= 4 is 11.5 Å². The minimum absolute atomic E-state index is 0.204. The lowest BCUT2D eigenvalue weighted by Crippen LogP contribution is -2.33. The quantitative estimate of drug-likeness (QED) is 0.578. The maximum atomic E-state index is 5.64. The van der Waals surface area contributed by atoms with Crippen LogP contribution in [0, 0.1) is 5.92 Å². The van der Waals surface area contributed by atoms with Gasteiger partial charge in [-0.25, -0.2) is 0 Å². The fourth-order valence-electron chi connectivity index (χ4n) is 1.88. The first-order chi connectivity index (χ1) is 7.28. The van der Waals surface area contributed by atoms with E-state index in [1.54, 1.807) is 0 Å². The molecule has 0 saturated carbocycles.